The van der Waals surface area contributed by atoms with E-state index in [1.807, 2.05) is 12.1 Å². The molecule has 110 valence electrons. The van der Waals surface area contributed by atoms with Crippen molar-refractivity contribution in [1.82, 2.24) is 0 Å². The first kappa shape index (κ1) is 15.3. The summed E-state index contributed by atoms with van der Waals surface area (Å²) >= 11 is 13.9. The van der Waals surface area contributed by atoms with Crippen LogP contribution in [0.15, 0.2) is 60.7 Å². The van der Waals surface area contributed by atoms with Crippen LogP contribution in [0.1, 0.15) is 25.7 Å². The Hall–Kier alpha value is -0.550. The summed E-state index contributed by atoms with van der Waals surface area (Å²) in [5.74, 6) is 0.396. The molecule has 3 rings (SSSR count). The van der Waals surface area contributed by atoms with Crippen molar-refractivity contribution in [3.8, 4) is 0 Å². The molecule has 0 unspecified atom stereocenters. The molecule has 0 spiro atoms. The van der Waals surface area contributed by atoms with Gasteiger partial charge >= 0.3 is 0 Å². The zero-order chi connectivity index (χ0) is 14.7. The lowest BCUT2D eigenvalue weighted by atomic mass is 10.1. The van der Waals surface area contributed by atoms with Crippen molar-refractivity contribution >= 4 is 41.7 Å². The highest BCUT2D eigenvalue weighted by molar-refractivity contribution is 7.77. The van der Waals surface area contributed by atoms with Gasteiger partial charge in [0.1, 0.15) is 4.07 Å². The van der Waals surface area contributed by atoms with Gasteiger partial charge < -0.3 is 0 Å². The number of alkyl halides is 2. The Bertz CT molecular complexity index is 523. The summed E-state index contributed by atoms with van der Waals surface area (Å²) < 4.78 is -0.686. The fraction of sp³-hybridized carbons (Fsp3) is 0.333. The lowest BCUT2D eigenvalue weighted by Crippen LogP contribution is -2.31. The predicted molar refractivity (Wildman–Crippen MR) is 95.5 cm³/mol. The molecule has 0 N–H and O–H groups in total. The molecule has 0 nitrogen and oxygen atoms in total. The van der Waals surface area contributed by atoms with Gasteiger partial charge in [0.15, 0.2) is 0 Å². The van der Waals surface area contributed by atoms with Crippen LogP contribution in [-0.4, -0.2) is 4.07 Å². The third-order valence-corrected chi connectivity index (χ3v) is 8.40. The minimum absolute atomic E-state index is 0.396. The molecular weight excluding hydrogens is 318 g/mol. The maximum atomic E-state index is 6.97. The van der Waals surface area contributed by atoms with Crippen molar-refractivity contribution in [2.45, 2.75) is 29.8 Å². The molecule has 1 fully saturated rings. The number of hydrogen-bond donors (Lipinski definition) is 0. The molecule has 0 aromatic heterocycles. The SMILES string of the molecule is ClC(Cl)(C1CCCC1)P(c1ccccc1)c1ccccc1. The summed E-state index contributed by atoms with van der Waals surface area (Å²) in [6.45, 7) is 0. The second kappa shape index (κ2) is 6.69. The average molecular weight is 337 g/mol. The molecule has 0 heterocycles. The van der Waals surface area contributed by atoms with E-state index in [1.54, 1.807) is 0 Å². The van der Waals surface area contributed by atoms with E-state index in [1.165, 1.54) is 23.5 Å². The van der Waals surface area contributed by atoms with Crippen molar-refractivity contribution in [1.29, 1.82) is 0 Å². The van der Waals surface area contributed by atoms with Crippen LogP contribution in [0.2, 0.25) is 0 Å². The van der Waals surface area contributed by atoms with E-state index in [4.69, 9.17) is 23.2 Å². The molecule has 0 aliphatic heterocycles. The second-order valence-corrected chi connectivity index (χ2v) is 9.90. The fourth-order valence-electron chi connectivity index (χ4n) is 3.10. The summed E-state index contributed by atoms with van der Waals surface area (Å²) in [5.41, 5.74) is 0. The molecule has 1 saturated carbocycles. The third-order valence-electron chi connectivity index (χ3n) is 4.17. The lowest BCUT2D eigenvalue weighted by Gasteiger charge is -2.36. The van der Waals surface area contributed by atoms with Gasteiger partial charge in [-0.3, -0.25) is 0 Å². The van der Waals surface area contributed by atoms with Gasteiger partial charge in [-0.25, -0.2) is 0 Å². The van der Waals surface area contributed by atoms with Crippen LogP contribution in [0.25, 0.3) is 0 Å². The molecule has 1 aliphatic rings. The molecule has 2 aromatic carbocycles. The molecule has 0 amide bonds. The Kier molecular flexibility index (Phi) is 4.89. The van der Waals surface area contributed by atoms with Crippen LogP contribution in [-0.2, 0) is 0 Å². The van der Waals surface area contributed by atoms with Crippen molar-refractivity contribution in [2.24, 2.45) is 5.92 Å². The van der Waals surface area contributed by atoms with Crippen LogP contribution in [0.3, 0.4) is 0 Å². The van der Waals surface area contributed by atoms with Gasteiger partial charge in [0.25, 0.3) is 0 Å². The largest absolute Gasteiger partial charge is 0.147 e. The van der Waals surface area contributed by atoms with Gasteiger partial charge in [0.05, 0.1) is 0 Å². The van der Waals surface area contributed by atoms with E-state index in [0.717, 1.165) is 12.8 Å². The van der Waals surface area contributed by atoms with Crippen molar-refractivity contribution in [3.63, 3.8) is 0 Å². The fourth-order valence-corrected chi connectivity index (χ4v) is 7.26. The van der Waals surface area contributed by atoms with Gasteiger partial charge in [0.2, 0.25) is 0 Å². The van der Waals surface area contributed by atoms with Gasteiger partial charge in [-0.15, -0.1) is 0 Å². The summed E-state index contributed by atoms with van der Waals surface area (Å²) in [5, 5.41) is 2.52. The maximum absolute atomic E-state index is 6.97. The summed E-state index contributed by atoms with van der Waals surface area (Å²) in [6, 6.07) is 21.0. The normalized spacial score (nSPS) is 16.5. The van der Waals surface area contributed by atoms with Crippen LogP contribution in [0.5, 0.6) is 0 Å². The first-order valence-corrected chi connectivity index (χ1v) is 9.57. The van der Waals surface area contributed by atoms with E-state index in [-0.39, 0.29) is 0 Å². The van der Waals surface area contributed by atoms with Gasteiger partial charge in [-0.05, 0) is 37.3 Å². The van der Waals surface area contributed by atoms with Crippen LogP contribution < -0.4 is 10.6 Å². The number of hydrogen-bond acceptors (Lipinski definition) is 0. The van der Waals surface area contributed by atoms with Crippen molar-refractivity contribution in [2.75, 3.05) is 0 Å². The van der Waals surface area contributed by atoms with E-state index < -0.39 is 12.0 Å². The smallest absolute Gasteiger partial charge is 0.0955 e. The van der Waals surface area contributed by atoms with Gasteiger partial charge in [0, 0.05) is 0 Å². The van der Waals surface area contributed by atoms with Gasteiger partial charge in [-0.2, -0.15) is 0 Å². The Morgan fingerprint density at radius 2 is 1.19 bits per heavy atom. The monoisotopic (exact) mass is 336 g/mol. The first-order valence-electron chi connectivity index (χ1n) is 7.48. The highest BCUT2D eigenvalue weighted by Gasteiger charge is 2.44. The Morgan fingerprint density at radius 1 is 0.762 bits per heavy atom. The molecule has 0 saturated heterocycles. The quantitative estimate of drug-likeness (QED) is 0.515. The van der Waals surface area contributed by atoms with Crippen molar-refractivity contribution in [3.05, 3.63) is 60.7 Å². The number of benzene rings is 2. The summed E-state index contributed by atoms with van der Waals surface area (Å²) in [6.07, 6.45) is 4.79. The number of halogens is 2. The molecule has 0 atom stereocenters. The minimum Gasteiger partial charge on any atom is -0.0955 e. The first-order chi connectivity index (χ1) is 10.2. The molecule has 0 bridgehead atoms. The van der Waals surface area contributed by atoms with Gasteiger partial charge in [-0.1, -0.05) is 96.7 Å². The Balaban J connectivity index is 2.04. The standard InChI is InChI=1S/C18H19Cl2P/c19-18(20,15-9-7-8-10-15)21(16-11-3-1-4-12-16)17-13-5-2-6-14-17/h1-6,11-15H,7-10H2. The minimum atomic E-state index is -0.774. The molecule has 21 heavy (non-hydrogen) atoms. The van der Waals surface area contributed by atoms with E-state index >= 15 is 0 Å². The summed E-state index contributed by atoms with van der Waals surface area (Å²) in [7, 11) is -0.774. The van der Waals surface area contributed by atoms with Crippen LogP contribution in [0, 0.1) is 5.92 Å². The maximum Gasteiger partial charge on any atom is 0.147 e. The van der Waals surface area contributed by atoms with Crippen LogP contribution >= 0.6 is 31.1 Å². The molecule has 1 aliphatic carbocycles. The molecule has 3 heteroatoms. The molecule has 0 radical (unpaired) electrons. The van der Waals surface area contributed by atoms with E-state index in [9.17, 15) is 0 Å². The third kappa shape index (κ3) is 3.29. The lowest BCUT2D eigenvalue weighted by molar-refractivity contribution is 0.564. The summed E-state index contributed by atoms with van der Waals surface area (Å²) in [4.78, 5) is 0. The van der Waals surface area contributed by atoms with Crippen LogP contribution in [0.4, 0.5) is 0 Å². The highest BCUT2D eigenvalue weighted by Crippen LogP contribution is 2.61. The highest BCUT2D eigenvalue weighted by atomic mass is 35.5. The predicted octanol–water partition coefficient (Wildman–Crippen LogP) is 5.44. The van der Waals surface area contributed by atoms with E-state index in [0.29, 0.717) is 5.92 Å². The van der Waals surface area contributed by atoms with Crippen molar-refractivity contribution < 1.29 is 0 Å². The molecular formula is C18H19Cl2P. The second-order valence-electron chi connectivity index (χ2n) is 5.58. The Morgan fingerprint density at radius 3 is 1.62 bits per heavy atom. The average Bonchev–Trinajstić information content (AvgIpc) is 3.04. The zero-order valence-corrected chi connectivity index (χ0v) is 14.3. The Labute approximate surface area is 138 Å². The van der Waals surface area contributed by atoms with E-state index in [2.05, 4.69) is 48.5 Å². The number of rotatable bonds is 4. The topological polar surface area (TPSA) is 0 Å². The zero-order valence-electron chi connectivity index (χ0n) is 11.9. The molecule has 2 aromatic rings.